The maximum absolute atomic E-state index is 11.2. The van der Waals surface area contributed by atoms with Gasteiger partial charge in [0.15, 0.2) is 12.0 Å². The number of pyridine rings is 1. The Morgan fingerprint density at radius 3 is 2.55 bits per heavy atom. The number of rotatable bonds is 4. The monoisotopic (exact) mass is 268 g/mol. The highest BCUT2D eigenvalue weighted by atomic mass is 16.5. The van der Waals surface area contributed by atoms with E-state index in [1.165, 1.54) is 0 Å². The lowest BCUT2D eigenvalue weighted by Gasteiger charge is -2.04. The topological polar surface area (TPSA) is 52.8 Å². The number of nitrogens with zero attached hydrogens (tertiary/aromatic N) is 2. The number of imidazole rings is 1. The number of carbonyl (C=O) groups is 1. The van der Waals surface area contributed by atoms with Gasteiger partial charge < -0.3 is 9.47 Å². The molecule has 0 N–H and O–H groups in total. The smallest absolute Gasteiger partial charge is 0.249 e. The highest BCUT2D eigenvalue weighted by Gasteiger charge is 2.13. The first kappa shape index (κ1) is 12.2. The molecule has 3 aromatic rings. The van der Waals surface area contributed by atoms with Crippen LogP contribution in [0.4, 0.5) is 0 Å². The first-order valence-corrected chi connectivity index (χ1v) is 6.06. The number of hydrogen-bond donors (Lipinski definition) is 0. The van der Waals surface area contributed by atoms with Crippen molar-refractivity contribution in [2.45, 2.75) is 0 Å². The van der Waals surface area contributed by atoms with Crippen LogP contribution in [0.15, 0.2) is 48.7 Å². The van der Waals surface area contributed by atoms with Gasteiger partial charge >= 0.3 is 0 Å². The Kier molecular flexibility index (Phi) is 3.09. The summed E-state index contributed by atoms with van der Waals surface area (Å²) in [5.41, 5.74) is 1.05. The highest BCUT2D eigenvalue weighted by Crippen LogP contribution is 2.26. The summed E-state index contributed by atoms with van der Waals surface area (Å²) in [6.07, 6.45) is 2.51. The van der Waals surface area contributed by atoms with Gasteiger partial charge in [-0.2, -0.15) is 4.98 Å². The molecule has 0 spiro atoms. The van der Waals surface area contributed by atoms with Gasteiger partial charge in [0.05, 0.1) is 7.11 Å². The number of fused-ring (bicyclic) bond motifs is 1. The molecule has 2 heterocycles. The van der Waals surface area contributed by atoms with Crippen LogP contribution in [0, 0.1) is 0 Å². The fourth-order valence-electron chi connectivity index (χ4n) is 1.93. The van der Waals surface area contributed by atoms with Crippen LogP contribution in [0.25, 0.3) is 5.65 Å². The molecule has 5 heteroatoms. The molecule has 0 radical (unpaired) electrons. The van der Waals surface area contributed by atoms with Crippen molar-refractivity contribution in [2.24, 2.45) is 0 Å². The van der Waals surface area contributed by atoms with E-state index in [2.05, 4.69) is 4.98 Å². The van der Waals surface area contributed by atoms with Gasteiger partial charge in [0.1, 0.15) is 17.1 Å². The minimum Gasteiger partial charge on any atom is -0.497 e. The van der Waals surface area contributed by atoms with Crippen molar-refractivity contribution in [3.05, 3.63) is 54.4 Å². The predicted octanol–water partition coefficient (Wildman–Crippen LogP) is 2.95. The first-order chi connectivity index (χ1) is 9.81. The summed E-state index contributed by atoms with van der Waals surface area (Å²) in [5.74, 6) is 1.62. The molecule has 0 aliphatic rings. The number of ether oxygens (including phenoxy) is 2. The maximum atomic E-state index is 11.2. The summed E-state index contributed by atoms with van der Waals surface area (Å²) in [7, 11) is 1.60. The summed E-state index contributed by atoms with van der Waals surface area (Å²) in [6.45, 7) is 0. The van der Waals surface area contributed by atoms with E-state index in [1.54, 1.807) is 42.0 Å². The lowest BCUT2D eigenvalue weighted by molar-refractivity contribution is 0.111. The molecule has 0 saturated heterocycles. The summed E-state index contributed by atoms with van der Waals surface area (Å²) < 4.78 is 12.4. The molecule has 0 atom stereocenters. The molecule has 2 aromatic heterocycles. The SMILES string of the molecule is COc1ccc(Oc2nc3ccccn3c2C=O)cc1. The number of methoxy groups -OCH3 is 1. The zero-order valence-electron chi connectivity index (χ0n) is 10.8. The fraction of sp³-hybridized carbons (Fsp3) is 0.0667. The van der Waals surface area contributed by atoms with Gasteiger partial charge in [0.2, 0.25) is 5.88 Å². The van der Waals surface area contributed by atoms with Gasteiger partial charge in [-0.05, 0) is 36.4 Å². The predicted molar refractivity (Wildman–Crippen MR) is 73.6 cm³/mol. The molecule has 5 nitrogen and oxygen atoms in total. The molecule has 100 valence electrons. The molecule has 0 amide bonds. The van der Waals surface area contributed by atoms with Gasteiger partial charge in [-0.15, -0.1) is 0 Å². The second-order valence-electron chi connectivity index (χ2n) is 4.13. The third kappa shape index (κ3) is 2.09. The van der Waals surface area contributed by atoms with Gasteiger partial charge in [-0.25, -0.2) is 0 Å². The van der Waals surface area contributed by atoms with Gasteiger partial charge in [-0.3, -0.25) is 9.20 Å². The molecule has 1 aromatic carbocycles. The highest BCUT2D eigenvalue weighted by molar-refractivity contribution is 5.78. The van der Waals surface area contributed by atoms with Crippen molar-refractivity contribution in [2.75, 3.05) is 7.11 Å². The van der Waals surface area contributed by atoms with Crippen molar-refractivity contribution < 1.29 is 14.3 Å². The standard InChI is InChI=1S/C15H12N2O3/c1-19-11-5-7-12(8-6-11)20-15-13(10-18)17-9-3-2-4-14(17)16-15/h2-10H,1H3. The van der Waals surface area contributed by atoms with Crippen molar-refractivity contribution in [3.63, 3.8) is 0 Å². The number of benzene rings is 1. The quantitative estimate of drug-likeness (QED) is 0.683. The van der Waals surface area contributed by atoms with Crippen LogP contribution in [0.3, 0.4) is 0 Å². The number of carbonyl (C=O) groups excluding carboxylic acids is 1. The van der Waals surface area contributed by atoms with E-state index in [4.69, 9.17) is 9.47 Å². The Morgan fingerprint density at radius 1 is 1.10 bits per heavy atom. The second kappa shape index (κ2) is 5.05. The van der Waals surface area contributed by atoms with Crippen LogP contribution in [-0.4, -0.2) is 22.8 Å². The van der Waals surface area contributed by atoms with Gasteiger partial charge in [0, 0.05) is 6.20 Å². The zero-order valence-corrected chi connectivity index (χ0v) is 10.8. The maximum Gasteiger partial charge on any atom is 0.249 e. The van der Waals surface area contributed by atoms with Crippen molar-refractivity contribution >= 4 is 11.9 Å². The largest absolute Gasteiger partial charge is 0.497 e. The lowest BCUT2D eigenvalue weighted by atomic mass is 10.3. The van der Waals surface area contributed by atoms with E-state index in [-0.39, 0.29) is 5.88 Å². The first-order valence-electron chi connectivity index (χ1n) is 6.06. The summed E-state index contributed by atoms with van der Waals surface area (Å²) in [4.78, 5) is 15.5. The molecule has 0 unspecified atom stereocenters. The summed E-state index contributed by atoms with van der Waals surface area (Å²) in [6, 6.07) is 12.6. The molecule has 20 heavy (non-hydrogen) atoms. The van der Waals surface area contributed by atoms with Gasteiger partial charge in [-0.1, -0.05) is 6.07 Å². The van der Waals surface area contributed by atoms with Crippen LogP contribution in [0.2, 0.25) is 0 Å². The molecule has 0 fully saturated rings. The van der Waals surface area contributed by atoms with Crippen LogP contribution in [0.1, 0.15) is 10.5 Å². The van der Waals surface area contributed by atoms with Crippen molar-refractivity contribution in [1.82, 2.24) is 9.38 Å². The Hall–Kier alpha value is -2.82. The number of hydrogen-bond acceptors (Lipinski definition) is 4. The number of aromatic nitrogens is 2. The van der Waals surface area contributed by atoms with Crippen LogP contribution < -0.4 is 9.47 Å². The summed E-state index contributed by atoms with van der Waals surface area (Å²) >= 11 is 0. The Morgan fingerprint density at radius 2 is 1.85 bits per heavy atom. The molecular weight excluding hydrogens is 256 g/mol. The van der Waals surface area contributed by atoms with Crippen LogP contribution in [0.5, 0.6) is 17.4 Å². The van der Waals surface area contributed by atoms with E-state index in [0.717, 1.165) is 12.0 Å². The molecular formula is C15H12N2O3. The molecule has 0 saturated carbocycles. The van der Waals surface area contributed by atoms with E-state index in [9.17, 15) is 4.79 Å². The third-order valence-corrected chi connectivity index (χ3v) is 2.92. The van der Waals surface area contributed by atoms with E-state index in [0.29, 0.717) is 17.1 Å². The molecule has 3 rings (SSSR count). The van der Waals surface area contributed by atoms with Crippen molar-refractivity contribution in [3.8, 4) is 17.4 Å². The Labute approximate surface area is 115 Å². The summed E-state index contributed by atoms with van der Waals surface area (Å²) in [5, 5.41) is 0. The second-order valence-corrected chi connectivity index (χ2v) is 4.13. The Bertz CT molecular complexity index is 747. The number of aldehydes is 1. The minimum atomic E-state index is 0.288. The van der Waals surface area contributed by atoms with E-state index < -0.39 is 0 Å². The lowest BCUT2D eigenvalue weighted by Crippen LogP contribution is -1.93. The molecule has 0 aliphatic carbocycles. The Balaban J connectivity index is 1.99. The molecule has 0 aliphatic heterocycles. The van der Waals surface area contributed by atoms with Gasteiger partial charge in [0.25, 0.3) is 0 Å². The average Bonchev–Trinajstić information content (AvgIpc) is 2.85. The average molecular weight is 268 g/mol. The van der Waals surface area contributed by atoms with Crippen LogP contribution in [-0.2, 0) is 0 Å². The third-order valence-electron chi connectivity index (χ3n) is 2.92. The fourth-order valence-corrected chi connectivity index (χ4v) is 1.93. The van der Waals surface area contributed by atoms with Crippen molar-refractivity contribution in [1.29, 1.82) is 0 Å². The van der Waals surface area contributed by atoms with E-state index >= 15 is 0 Å². The zero-order chi connectivity index (χ0) is 13.9. The van der Waals surface area contributed by atoms with E-state index in [1.807, 2.05) is 18.2 Å². The normalized spacial score (nSPS) is 10.4. The minimum absolute atomic E-state index is 0.288. The van der Waals surface area contributed by atoms with Crippen LogP contribution >= 0.6 is 0 Å². The molecule has 0 bridgehead atoms.